The number of amides is 1. The number of likely N-dealkylation sites (tertiary alicyclic amines) is 1. The molecule has 25 heavy (non-hydrogen) atoms. The molecule has 0 radical (unpaired) electrons. The van der Waals surface area contributed by atoms with Crippen molar-refractivity contribution in [2.45, 2.75) is 38.0 Å². The summed E-state index contributed by atoms with van der Waals surface area (Å²) in [5, 5.41) is 7.89. The lowest BCUT2D eigenvalue weighted by atomic mass is 9.97. The van der Waals surface area contributed by atoms with Gasteiger partial charge in [-0.25, -0.2) is 0 Å². The summed E-state index contributed by atoms with van der Waals surface area (Å²) in [6, 6.07) is 1.63. The third-order valence-corrected chi connectivity index (χ3v) is 4.43. The molecular formula is C16H21ClN4O4. The first kappa shape index (κ1) is 17.9. The number of carbonyl (C=O) groups excluding carboxylic acids is 1. The number of carbonyl (C=O) groups is 1. The van der Waals surface area contributed by atoms with Crippen molar-refractivity contribution in [3.8, 4) is 0 Å². The third kappa shape index (κ3) is 4.79. The molecule has 0 aliphatic carbocycles. The van der Waals surface area contributed by atoms with Crippen molar-refractivity contribution >= 4 is 17.5 Å². The Kier molecular flexibility index (Phi) is 6.04. The maximum absolute atomic E-state index is 12.4. The number of ether oxygens (including phenoxy) is 1. The molecule has 3 rings (SSSR count). The first-order valence-electron chi connectivity index (χ1n) is 8.36. The van der Waals surface area contributed by atoms with Gasteiger partial charge in [0.15, 0.2) is 11.0 Å². The summed E-state index contributed by atoms with van der Waals surface area (Å²) < 4.78 is 15.4. The molecule has 1 aliphatic rings. The molecule has 9 heteroatoms. The Morgan fingerprint density at radius 2 is 2.28 bits per heavy atom. The Morgan fingerprint density at radius 1 is 1.40 bits per heavy atom. The smallest absolute Gasteiger partial charge is 0.231 e. The third-order valence-electron chi connectivity index (χ3n) is 4.25. The molecule has 1 saturated heterocycles. The number of nitrogens with zero attached hydrogens (tertiary/aromatic N) is 4. The zero-order valence-corrected chi connectivity index (χ0v) is 14.9. The van der Waals surface area contributed by atoms with Gasteiger partial charge in [-0.3, -0.25) is 4.79 Å². The highest BCUT2D eigenvalue weighted by Gasteiger charge is 2.28. The molecule has 0 bridgehead atoms. The average molecular weight is 369 g/mol. The first-order valence-corrected chi connectivity index (χ1v) is 8.74. The number of aryl methyl sites for hydroxylation is 1. The van der Waals surface area contributed by atoms with E-state index in [0.29, 0.717) is 55.0 Å². The molecular weight excluding hydrogens is 348 g/mol. The number of methoxy groups -OCH3 is 1. The Balaban J connectivity index is 1.53. The number of rotatable bonds is 7. The highest BCUT2D eigenvalue weighted by atomic mass is 35.5. The number of piperidine rings is 1. The van der Waals surface area contributed by atoms with Gasteiger partial charge in [0, 0.05) is 45.5 Å². The lowest BCUT2D eigenvalue weighted by Gasteiger charge is -2.31. The summed E-state index contributed by atoms with van der Waals surface area (Å²) in [6.45, 7) is 1.90. The molecule has 2 aromatic heterocycles. The standard InChI is InChI=1S/C16H21ClN4O4/c1-23-8-6-14-18-16(25-20-14)11-3-2-7-21(10-11)15(22)5-4-12-9-13(17)19-24-12/h9,11H,2-8,10H2,1H3/t11-/m1/s1. The van der Waals surface area contributed by atoms with Gasteiger partial charge in [-0.15, -0.1) is 0 Å². The van der Waals surface area contributed by atoms with Crippen molar-refractivity contribution < 1.29 is 18.6 Å². The fourth-order valence-corrected chi connectivity index (χ4v) is 3.08. The second kappa shape index (κ2) is 8.44. The van der Waals surface area contributed by atoms with Crippen LogP contribution in [0.3, 0.4) is 0 Å². The second-order valence-electron chi connectivity index (χ2n) is 6.09. The molecule has 0 spiro atoms. The molecule has 136 valence electrons. The van der Waals surface area contributed by atoms with Crippen molar-refractivity contribution in [3.63, 3.8) is 0 Å². The fraction of sp³-hybridized carbons (Fsp3) is 0.625. The van der Waals surface area contributed by atoms with Crippen LogP contribution in [0.4, 0.5) is 0 Å². The maximum Gasteiger partial charge on any atom is 0.231 e. The Hall–Kier alpha value is -1.93. The van der Waals surface area contributed by atoms with Crippen LogP contribution in [0.1, 0.15) is 42.7 Å². The monoisotopic (exact) mass is 368 g/mol. The van der Waals surface area contributed by atoms with Crippen molar-refractivity contribution in [2.75, 3.05) is 26.8 Å². The van der Waals surface area contributed by atoms with Crippen molar-refractivity contribution in [1.29, 1.82) is 0 Å². The quantitative estimate of drug-likeness (QED) is 0.739. The van der Waals surface area contributed by atoms with Gasteiger partial charge in [-0.05, 0) is 12.8 Å². The highest BCUT2D eigenvalue weighted by molar-refractivity contribution is 6.29. The number of halogens is 1. The Morgan fingerprint density at radius 3 is 3.04 bits per heavy atom. The largest absolute Gasteiger partial charge is 0.384 e. The van der Waals surface area contributed by atoms with Crippen LogP contribution in [0.25, 0.3) is 0 Å². The Labute approximate surface area is 150 Å². The molecule has 0 unspecified atom stereocenters. The van der Waals surface area contributed by atoms with Crippen molar-refractivity contribution in [1.82, 2.24) is 20.2 Å². The van der Waals surface area contributed by atoms with Gasteiger partial charge in [0.25, 0.3) is 0 Å². The zero-order valence-electron chi connectivity index (χ0n) is 14.1. The van der Waals surface area contributed by atoms with E-state index in [1.807, 2.05) is 4.90 Å². The molecule has 0 aromatic carbocycles. The fourth-order valence-electron chi connectivity index (χ4n) is 2.93. The number of hydrogen-bond donors (Lipinski definition) is 0. The summed E-state index contributed by atoms with van der Waals surface area (Å²) in [4.78, 5) is 18.7. The molecule has 1 aliphatic heterocycles. The lowest BCUT2D eigenvalue weighted by Crippen LogP contribution is -2.39. The van der Waals surface area contributed by atoms with Crippen LogP contribution in [-0.2, 0) is 22.4 Å². The van der Waals surface area contributed by atoms with Crippen LogP contribution in [-0.4, -0.2) is 52.9 Å². The van der Waals surface area contributed by atoms with E-state index >= 15 is 0 Å². The van der Waals surface area contributed by atoms with E-state index < -0.39 is 0 Å². The van der Waals surface area contributed by atoms with Crippen molar-refractivity contribution in [3.05, 3.63) is 28.7 Å². The highest BCUT2D eigenvalue weighted by Crippen LogP contribution is 2.26. The Bertz CT molecular complexity index is 702. The van der Waals surface area contributed by atoms with E-state index in [9.17, 15) is 4.79 Å². The van der Waals surface area contributed by atoms with Gasteiger partial charge >= 0.3 is 0 Å². The van der Waals surface area contributed by atoms with E-state index in [1.165, 1.54) is 0 Å². The van der Waals surface area contributed by atoms with Crippen LogP contribution in [0.2, 0.25) is 5.15 Å². The summed E-state index contributed by atoms with van der Waals surface area (Å²) in [6.07, 6.45) is 3.32. The van der Waals surface area contributed by atoms with E-state index in [1.54, 1.807) is 13.2 Å². The van der Waals surface area contributed by atoms with Gasteiger partial charge in [0.2, 0.25) is 11.8 Å². The molecule has 0 N–H and O–H groups in total. The minimum absolute atomic E-state index is 0.0799. The second-order valence-corrected chi connectivity index (χ2v) is 6.47. The normalized spacial score (nSPS) is 17.8. The number of hydrogen-bond acceptors (Lipinski definition) is 7. The van der Waals surface area contributed by atoms with E-state index in [-0.39, 0.29) is 11.8 Å². The van der Waals surface area contributed by atoms with Crippen LogP contribution in [0.5, 0.6) is 0 Å². The van der Waals surface area contributed by atoms with Gasteiger partial charge in [-0.2, -0.15) is 4.98 Å². The molecule has 1 fully saturated rings. The molecule has 1 amide bonds. The van der Waals surface area contributed by atoms with Gasteiger partial charge in [0.1, 0.15) is 5.76 Å². The molecule has 2 aromatic rings. The molecule has 3 heterocycles. The molecule has 8 nitrogen and oxygen atoms in total. The predicted octanol–water partition coefficient (Wildman–Crippen LogP) is 2.24. The maximum atomic E-state index is 12.4. The van der Waals surface area contributed by atoms with Crippen LogP contribution in [0, 0.1) is 0 Å². The topological polar surface area (TPSA) is 94.5 Å². The van der Waals surface area contributed by atoms with E-state index in [4.69, 9.17) is 25.4 Å². The minimum atomic E-state index is 0.0799. The van der Waals surface area contributed by atoms with Crippen molar-refractivity contribution in [2.24, 2.45) is 0 Å². The summed E-state index contributed by atoms with van der Waals surface area (Å²) in [7, 11) is 1.64. The SMILES string of the molecule is COCCc1noc([C@@H]2CCCN(C(=O)CCc3cc(Cl)no3)C2)n1. The summed E-state index contributed by atoms with van der Waals surface area (Å²) in [5.74, 6) is 2.03. The van der Waals surface area contributed by atoms with E-state index in [2.05, 4.69) is 15.3 Å². The number of aromatic nitrogens is 3. The lowest BCUT2D eigenvalue weighted by molar-refractivity contribution is -0.132. The zero-order chi connectivity index (χ0) is 17.6. The van der Waals surface area contributed by atoms with Gasteiger partial charge in [-0.1, -0.05) is 21.9 Å². The average Bonchev–Trinajstić information content (AvgIpc) is 3.27. The van der Waals surface area contributed by atoms with Gasteiger partial charge in [0.05, 0.1) is 12.5 Å². The van der Waals surface area contributed by atoms with E-state index in [0.717, 1.165) is 19.4 Å². The predicted molar refractivity (Wildman–Crippen MR) is 88.3 cm³/mol. The van der Waals surface area contributed by atoms with Gasteiger partial charge < -0.3 is 18.7 Å². The summed E-state index contributed by atoms with van der Waals surface area (Å²) in [5.41, 5.74) is 0. The van der Waals surface area contributed by atoms with Crippen LogP contribution in [0.15, 0.2) is 15.1 Å². The van der Waals surface area contributed by atoms with Crippen LogP contribution < -0.4 is 0 Å². The summed E-state index contributed by atoms with van der Waals surface area (Å²) >= 11 is 5.71. The molecule has 1 atom stereocenters. The minimum Gasteiger partial charge on any atom is -0.384 e. The van der Waals surface area contributed by atoms with Crippen LogP contribution >= 0.6 is 11.6 Å². The molecule has 0 saturated carbocycles. The first-order chi connectivity index (χ1) is 12.2.